The molecule has 1 aliphatic heterocycles. The third-order valence-corrected chi connectivity index (χ3v) is 5.91. The minimum Gasteiger partial charge on any atom is -0.497 e. The van der Waals surface area contributed by atoms with Crippen molar-refractivity contribution >= 4 is 34.8 Å². The maximum atomic E-state index is 14.0. The van der Waals surface area contributed by atoms with Gasteiger partial charge in [-0.15, -0.1) is 0 Å². The van der Waals surface area contributed by atoms with E-state index < -0.39 is 5.82 Å². The molecule has 0 saturated carbocycles. The van der Waals surface area contributed by atoms with Gasteiger partial charge in [-0.1, -0.05) is 23.7 Å². The zero-order valence-electron chi connectivity index (χ0n) is 19.2. The second-order valence-electron chi connectivity index (χ2n) is 7.93. The van der Waals surface area contributed by atoms with E-state index in [4.69, 9.17) is 21.1 Å². The van der Waals surface area contributed by atoms with Crippen LogP contribution in [0.25, 0.3) is 0 Å². The fourth-order valence-electron chi connectivity index (χ4n) is 3.85. The van der Waals surface area contributed by atoms with Gasteiger partial charge < -0.3 is 24.6 Å². The summed E-state index contributed by atoms with van der Waals surface area (Å²) >= 11 is 6.19. The molecule has 0 atom stereocenters. The van der Waals surface area contributed by atoms with Crippen LogP contribution in [0.5, 0.6) is 11.5 Å². The topological polar surface area (TPSA) is 71.1 Å². The summed E-state index contributed by atoms with van der Waals surface area (Å²) in [6.45, 7) is 1.71. The summed E-state index contributed by atoms with van der Waals surface area (Å²) in [6, 6.07) is 18.2. The minimum absolute atomic E-state index is 0.0669. The van der Waals surface area contributed by atoms with E-state index in [1.165, 1.54) is 12.1 Å². The Balaban J connectivity index is 1.38. The fraction of sp³-hybridized carbons (Fsp3) is 0.231. The van der Waals surface area contributed by atoms with E-state index >= 15 is 0 Å². The Morgan fingerprint density at radius 3 is 2.34 bits per heavy atom. The SMILES string of the molecule is COc1ccc(OCC(=O)Nc2cc(Cl)ccc2N2CCN(C(=O)c3ccccc3F)CC2)cc1. The highest BCUT2D eigenvalue weighted by molar-refractivity contribution is 6.31. The molecule has 35 heavy (non-hydrogen) atoms. The number of benzene rings is 3. The number of piperazine rings is 1. The molecule has 1 N–H and O–H groups in total. The van der Waals surface area contributed by atoms with Gasteiger partial charge in [0.2, 0.25) is 0 Å². The lowest BCUT2D eigenvalue weighted by atomic mass is 10.1. The smallest absolute Gasteiger partial charge is 0.262 e. The van der Waals surface area contributed by atoms with Crippen LogP contribution in [0.3, 0.4) is 0 Å². The molecular weight excluding hydrogens is 473 g/mol. The second-order valence-corrected chi connectivity index (χ2v) is 8.37. The predicted molar refractivity (Wildman–Crippen MR) is 133 cm³/mol. The summed E-state index contributed by atoms with van der Waals surface area (Å²) in [6.07, 6.45) is 0. The van der Waals surface area contributed by atoms with E-state index in [1.54, 1.807) is 60.5 Å². The molecule has 0 aliphatic carbocycles. The largest absolute Gasteiger partial charge is 0.497 e. The molecule has 182 valence electrons. The third kappa shape index (κ3) is 6.02. The van der Waals surface area contributed by atoms with Crippen molar-refractivity contribution < 1.29 is 23.5 Å². The molecule has 0 unspecified atom stereocenters. The van der Waals surface area contributed by atoms with E-state index in [0.29, 0.717) is 48.4 Å². The zero-order valence-corrected chi connectivity index (χ0v) is 19.9. The van der Waals surface area contributed by atoms with Crippen LogP contribution in [-0.2, 0) is 4.79 Å². The molecule has 0 aromatic heterocycles. The molecule has 4 rings (SSSR count). The van der Waals surface area contributed by atoms with Gasteiger partial charge in [-0.05, 0) is 54.6 Å². The number of nitrogens with zero attached hydrogens (tertiary/aromatic N) is 2. The summed E-state index contributed by atoms with van der Waals surface area (Å²) in [5.74, 6) is 0.0456. The van der Waals surface area contributed by atoms with Gasteiger partial charge in [0.1, 0.15) is 17.3 Å². The Kier molecular flexibility index (Phi) is 7.72. The van der Waals surface area contributed by atoms with E-state index in [0.717, 1.165) is 5.69 Å². The van der Waals surface area contributed by atoms with E-state index in [2.05, 4.69) is 10.2 Å². The normalized spacial score (nSPS) is 13.3. The molecule has 1 fully saturated rings. The second kappa shape index (κ2) is 11.1. The fourth-order valence-corrected chi connectivity index (χ4v) is 4.02. The number of hydrogen-bond acceptors (Lipinski definition) is 5. The molecule has 1 aliphatic rings. The number of carbonyl (C=O) groups excluding carboxylic acids is 2. The van der Waals surface area contributed by atoms with Crippen molar-refractivity contribution in [2.75, 3.05) is 50.1 Å². The number of ether oxygens (including phenoxy) is 2. The Hall–Kier alpha value is -3.78. The van der Waals surface area contributed by atoms with Crippen LogP contribution in [0, 0.1) is 5.82 Å². The maximum absolute atomic E-state index is 14.0. The molecule has 3 aromatic carbocycles. The number of hydrogen-bond donors (Lipinski definition) is 1. The van der Waals surface area contributed by atoms with Gasteiger partial charge in [-0.25, -0.2) is 4.39 Å². The van der Waals surface area contributed by atoms with Gasteiger partial charge in [0.15, 0.2) is 6.61 Å². The molecule has 9 heteroatoms. The van der Waals surface area contributed by atoms with Crippen LogP contribution in [0.15, 0.2) is 66.7 Å². The van der Waals surface area contributed by atoms with E-state index in [9.17, 15) is 14.0 Å². The van der Waals surface area contributed by atoms with Gasteiger partial charge in [-0.3, -0.25) is 9.59 Å². The Bertz CT molecular complexity index is 1200. The van der Waals surface area contributed by atoms with Crippen molar-refractivity contribution in [2.45, 2.75) is 0 Å². The molecule has 0 radical (unpaired) electrons. The van der Waals surface area contributed by atoms with Crippen molar-refractivity contribution in [1.29, 1.82) is 0 Å². The number of nitrogens with one attached hydrogen (secondary N) is 1. The van der Waals surface area contributed by atoms with Crippen LogP contribution < -0.4 is 19.7 Å². The quantitative estimate of drug-likeness (QED) is 0.521. The number of rotatable bonds is 7. The first-order chi connectivity index (χ1) is 16.9. The van der Waals surface area contributed by atoms with Gasteiger partial charge >= 0.3 is 0 Å². The highest BCUT2D eigenvalue weighted by atomic mass is 35.5. The number of carbonyl (C=O) groups is 2. The van der Waals surface area contributed by atoms with Crippen molar-refractivity contribution in [3.63, 3.8) is 0 Å². The van der Waals surface area contributed by atoms with E-state index in [-0.39, 0.29) is 24.0 Å². The summed E-state index contributed by atoms with van der Waals surface area (Å²) in [5.41, 5.74) is 1.40. The molecule has 1 saturated heterocycles. The maximum Gasteiger partial charge on any atom is 0.262 e. The van der Waals surface area contributed by atoms with Crippen molar-refractivity contribution in [1.82, 2.24) is 4.90 Å². The molecule has 0 bridgehead atoms. The highest BCUT2D eigenvalue weighted by Crippen LogP contribution is 2.30. The summed E-state index contributed by atoms with van der Waals surface area (Å²) in [7, 11) is 1.58. The number of anilines is 2. The molecule has 2 amide bonds. The Morgan fingerprint density at radius 2 is 1.66 bits per heavy atom. The average Bonchev–Trinajstić information content (AvgIpc) is 2.88. The Labute approximate surface area is 208 Å². The van der Waals surface area contributed by atoms with E-state index in [1.807, 2.05) is 6.07 Å². The Morgan fingerprint density at radius 1 is 0.971 bits per heavy atom. The van der Waals surface area contributed by atoms with Crippen molar-refractivity contribution in [3.8, 4) is 11.5 Å². The molecular formula is C26H25ClFN3O4. The molecule has 0 spiro atoms. The van der Waals surface area contributed by atoms with Crippen LogP contribution >= 0.6 is 11.6 Å². The summed E-state index contributed by atoms with van der Waals surface area (Å²) in [5, 5.41) is 3.34. The van der Waals surface area contributed by atoms with Crippen LogP contribution in [0.4, 0.5) is 15.8 Å². The number of methoxy groups -OCH3 is 1. The summed E-state index contributed by atoms with van der Waals surface area (Å²) < 4.78 is 24.7. The lowest BCUT2D eigenvalue weighted by molar-refractivity contribution is -0.118. The van der Waals surface area contributed by atoms with Gasteiger partial charge in [0, 0.05) is 31.2 Å². The van der Waals surface area contributed by atoms with Gasteiger partial charge in [-0.2, -0.15) is 0 Å². The first-order valence-electron chi connectivity index (χ1n) is 11.1. The van der Waals surface area contributed by atoms with Crippen molar-refractivity contribution in [3.05, 3.63) is 83.1 Å². The van der Waals surface area contributed by atoms with Crippen LogP contribution in [0.2, 0.25) is 5.02 Å². The number of halogens is 2. The lowest BCUT2D eigenvalue weighted by Crippen LogP contribution is -2.49. The van der Waals surface area contributed by atoms with Gasteiger partial charge in [0.25, 0.3) is 11.8 Å². The standard InChI is InChI=1S/C26H25ClFN3O4/c1-34-19-7-9-20(10-8-19)35-17-25(32)29-23-16-18(27)6-11-24(23)30-12-14-31(15-13-30)26(33)21-4-2-3-5-22(21)28/h2-11,16H,12-15,17H2,1H3,(H,29,32). The first-order valence-corrected chi connectivity index (χ1v) is 11.5. The predicted octanol–water partition coefficient (Wildman–Crippen LogP) is 4.47. The zero-order chi connectivity index (χ0) is 24.8. The van der Waals surface area contributed by atoms with Crippen molar-refractivity contribution in [2.24, 2.45) is 0 Å². The van der Waals surface area contributed by atoms with Gasteiger partial charge in [0.05, 0.1) is 24.0 Å². The third-order valence-electron chi connectivity index (χ3n) is 5.67. The lowest BCUT2D eigenvalue weighted by Gasteiger charge is -2.37. The monoisotopic (exact) mass is 497 g/mol. The van der Waals surface area contributed by atoms with Crippen LogP contribution in [0.1, 0.15) is 10.4 Å². The minimum atomic E-state index is -0.528. The first kappa shape index (κ1) is 24.3. The molecule has 3 aromatic rings. The number of amides is 2. The average molecular weight is 498 g/mol. The van der Waals surface area contributed by atoms with Crippen LogP contribution in [-0.4, -0.2) is 56.6 Å². The highest BCUT2D eigenvalue weighted by Gasteiger charge is 2.25. The summed E-state index contributed by atoms with van der Waals surface area (Å²) in [4.78, 5) is 29.0. The molecule has 1 heterocycles. The molecule has 7 nitrogen and oxygen atoms in total.